The summed E-state index contributed by atoms with van der Waals surface area (Å²) in [4.78, 5) is 20.9. The van der Waals surface area contributed by atoms with E-state index in [1.807, 2.05) is 25.3 Å². The molecule has 0 fully saturated rings. The smallest absolute Gasteiger partial charge is 0.253 e. The van der Waals surface area contributed by atoms with Crippen molar-refractivity contribution in [1.29, 1.82) is 0 Å². The van der Waals surface area contributed by atoms with Crippen LogP contribution in [0.2, 0.25) is 0 Å². The van der Waals surface area contributed by atoms with Crippen LogP contribution in [0.4, 0.5) is 0 Å². The number of carbonyl (C=O) groups excluding carboxylic acids is 1. The molecule has 0 saturated carbocycles. The molecule has 1 amide bonds. The Bertz CT molecular complexity index is 1150. The van der Waals surface area contributed by atoms with Crippen molar-refractivity contribution in [3.63, 3.8) is 0 Å². The Kier molecular flexibility index (Phi) is 5.80. The van der Waals surface area contributed by atoms with Crippen LogP contribution in [-0.2, 0) is 13.6 Å². The first-order valence-corrected chi connectivity index (χ1v) is 11.0. The molecule has 1 aromatic carbocycles. The predicted molar refractivity (Wildman–Crippen MR) is 125 cm³/mol. The van der Waals surface area contributed by atoms with Crippen LogP contribution in [0.1, 0.15) is 33.6 Å². The van der Waals surface area contributed by atoms with Gasteiger partial charge in [0.1, 0.15) is 5.65 Å². The summed E-state index contributed by atoms with van der Waals surface area (Å²) in [6, 6.07) is 10.4. The maximum atomic E-state index is 12.3. The molecule has 0 unspecified atom stereocenters. The first-order chi connectivity index (χ1) is 14.3. The Hall–Kier alpha value is -2.44. The number of amides is 1. The number of fused-ring (bicyclic) bond motifs is 1. The molecule has 0 aliphatic carbocycles. The number of hydrogen-bond acceptors (Lipinski definition) is 3. The van der Waals surface area contributed by atoms with Gasteiger partial charge in [-0.3, -0.25) is 9.69 Å². The topological polar surface area (TPSA) is 41.4 Å². The van der Waals surface area contributed by atoms with Crippen LogP contribution in [0.5, 0.6) is 0 Å². The van der Waals surface area contributed by atoms with E-state index in [0.29, 0.717) is 0 Å². The van der Waals surface area contributed by atoms with Crippen LogP contribution in [-0.4, -0.2) is 52.4 Å². The minimum Gasteiger partial charge on any atom is -0.345 e. The predicted octanol–water partition coefficient (Wildman–Crippen LogP) is 4.64. The third kappa shape index (κ3) is 3.94. The molecule has 0 radical (unpaired) electrons. The van der Waals surface area contributed by atoms with Crippen LogP contribution < -0.4 is 0 Å². The summed E-state index contributed by atoms with van der Waals surface area (Å²) in [7, 11) is 5.67. The van der Waals surface area contributed by atoms with Crippen LogP contribution in [0.15, 0.2) is 47.1 Å². The van der Waals surface area contributed by atoms with E-state index >= 15 is 0 Å². The van der Waals surface area contributed by atoms with E-state index in [9.17, 15) is 4.79 Å². The van der Waals surface area contributed by atoms with Crippen molar-refractivity contribution >= 4 is 38.4 Å². The third-order valence-electron chi connectivity index (χ3n) is 5.89. The number of carbonyl (C=O) groups is 1. The monoisotopic (exact) mass is 466 g/mol. The average Bonchev–Trinajstić information content (AvgIpc) is 3.05. The number of aryl methyl sites for hydroxylation is 2. The van der Waals surface area contributed by atoms with Crippen molar-refractivity contribution in [2.45, 2.75) is 19.9 Å². The molecule has 0 N–H and O–H groups in total. The van der Waals surface area contributed by atoms with Gasteiger partial charge in [0.2, 0.25) is 0 Å². The fourth-order valence-electron chi connectivity index (χ4n) is 4.08. The quantitative estimate of drug-likeness (QED) is 0.562. The van der Waals surface area contributed by atoms with E-state index in [1.165, 1.54) is 16.8 Å². The molecule has 6 heteroatoms. The largest absolute Gasteiger partial charge is 0.345 e. The van der Waals surface area contributed by atoms with Crippen molar-refractivity contribution in [3.8, 4) is 0 Å². The van der Waals surface area contributed by atoms with Crippen molar-refractivity contribution in [2.75, 3.05) is 27.2 Å². The number of nitrogens with zero attached hydrogens (tertiary/aromatic N) is 4. The van der Waals surface area contributed by atoms with Crippen LogP contribution >= 0.6 is 15.9 Å². The second kappa shape index (κ2) is 8.36. The zero-order valence-electron chi connectivity index (χ0n) is 17.9. The molecular formula is C24H27BrN4O. The molecular weight excluding hydrogens is 440 g/mol. The van der Waals surface area contributed by atoms with Gasteiger partial charge in [-0.1, -0.05) is 18.2 Å². The van der Waals surface area contributed by atoms with Gasteiger partial charge in [0.05, 0.1) is 0 Å². The second-order valence-corrected chi connectivity index (χ2v) is 9.02. The Morgan fingerprint density at radius 3 is 2.67 bits per heavy atom. The lowest BCUT2D eigenvalue weighted by atomic mass is 9.95. The lowest BCUT2D eigenvalue weighted by molar-refractivity contribution is 0.0827. The number of pyridine rings is 1. The average molecular weight is 467 g/mol. The van der Waals surface area contributed by atoms with E-state index in [2.05, 4.69) is 61.7 Å². The van der Waals surface area contributed by atoms with E-state index in [4.69, 9.17) is 0 Å². The molecule has 3 aromatic rings. The van der Waals surface area contributed by atoms with Crippen molar-refractivity contribution in [2.24, 2.45) is 7.05 Å². The Morgan fingerprint density at radius 2 is 2.03 bits per heavy atom. The second-order valence-electron chi connectivity index (χ2n) is 8.17. The minimum atomic E-state index is 0.0546. The number of halogens is 1. The number of benzene rings is 1. The molecule has 5 nitrogen and oxygen atoms in total. The standard InChI is InChI=1S/C24H27BrN4O/c1-16-13-18(5-6-20(16)24(30)27(2)3)17-8-11-29(12-9-17)15-19-14-21-22(25)7-10-26-23(21)28(19)4/h5-8,10,13-14H,9,11-12,15H2,1-4H3. The summed E-state index contributed by atoms with van der Waals surface area (Å²) in [5.74, 6) is 0.0546. The fourth-order valence-corrected chi connectivity index (χ4v) is 4.49. The zero-order valence-corrected chi connectivity index (χ0v) is 19.5. The maximum Gasteiger partial charge on any atom is 0.253 e. The Labute approximate surface area is 186 Å². The molecule has 1 aliphatic heterocycles. The number of rotatable bonds is 4. The maximum absolute atomic E-state index is 12.3. The number of hydrogen-bond donors (Lipinski definition) is 0. The minimum absolute atomic E-state index is 0.0546. The van der Waals surface area contributed by atoms with E-state index in [0.717, 1.165) is 52.7 Å². The lowest BCUT2D eigenvalue weighted by Crippen LogP contribution is -2.28. The summed E-state index contributed by atoms with van der Waals surface area (Å²) >= 11 is 3.63. The summed E-state index contributed by atoms with van der Waals surface area (Å²) in [5, 5.41) is 1.16. The third-order valence-corrected chi connectivity index (χ3v) is 6.58. The summed E-state index contributed by atoms with van der Waals surface area (Å²) in [5.41, 5.74) is 6.67. The summed E-state index contributed by atoms with van der Waals surface area (Å²) < 4.78 is 3.27. The van der Waals surface area contributed by atoms with Gasteiger partial charge in [-0.25, -0.2) is 4.98 Å². The zero-order chi connectivity index (χ0) is 21.4. The van der Waals surface area contributed by atoms with Crippen LogP contribution in [0.25, 0.3) is 16.6 Å². The molecule has 0 atom stereocenters. The molecule has 2 aromatic heterocycles. The normalized spacial score (nSPS) is 14.8. The van der Waals surface area contributed by atoms with Crippen LogP contribution in [0.3, 0.4) is 0 Å². The first-order valence-electron chi connectivity index (χ1n) is 10.2. The SMILES string of the molecule is Cc1cc(C2=CCN(Cc3cc4c(Br)ccnc4n3C)CC2)ccc1C(=O)N(C)C. The van der Waals surface area contributed by atoms with Gasteiger partial charge in [0, 0.05) is 68.1 Å². The molecule has 0 bridgehead atoms. The van der Waals surface area contributed by atoms with Gasteiger partial charge in [-0.15, -0.1) is 0 Å². The number of aromatic nitrogens is 2. The van der Waals surface area contributed by atoms with Gasteiger partial charge in [0.25, 0.3) is 5.91 Å². The molecule has 4 rings (SSSR count). The highest BCUT2D eigenvalue weighted by Crippen LogP contribution is 2.28. The van der Waals surface area contributed by atoms with E-state index in [1.54, 1.807) is 19.0 Å². The molecule has 30 heavy (non-hydrogen) atoms. The van der Waals surface area contributed by atoms with Crippen molar-refractivity contribution in [3.05, 3.63) is 69.5 Å². The van der Waals surface area contributed by atoms with Crippen molar-refractivity contribution in [1.82, 2.24) is 19.4 Å². The Morgan fingerprint density at radius 1 is 1.23 bits per heavy atom. The fraction of sp³-hybridized carbons (Fsp3) is 0.333. The highest BCUT2D eigenvalue weighted by molar-refractivity contribution is 9.10. The highest BCUT2D eigenvalue weighted by Gasteiger charge is 2.18. The molecule has 1 aliphatic rings. The highest BCUT2D eigenvalue weighted by atomic mass is 79.9. The van der Waals surface area contributed by atoms with Crippen LogP contribution in [0, 0.1) is 6.92 Å². The summed E-state index contributed by atoms with van der Waals surface area (Å²) in [6.07, 6.45) is 5.17. The van der Waals surface area contributed by atoms with Gasteiger partial charge in [-0.2, -0.15) is 0 Å². The van der Waals surface area contributed by atoms with Gasteiger partial charge in [0.15, 0.2) is 0 Å². The molecule has 0 saturated heterocycles. The van der Waals surface area contributed by atoms with Crippen molar-refractivity contribution < 1.29 is 4.79 Å². The first kappa shape index (κ1) is 20.8. The van der Waals surface area contributed by atoms with Gasteiger partial charge < -0.3 is 9.47 Å². The Balaban J connectivity index is 1.49. The van der Waals surface area contributed by atoms with E-state index in [-0.39, 0.29) is 5.91 Å². The molecule has 0 spiro atoms. The van der Waals surface area contributed by atoms with Gasteiger partial charge >= 0.3 is 0 Å². The van der Waals surface area contributed by atoms with Gasteiger partial charge in [-0.05, 0) is 64.2 Å². The molecule has 156 valence electrons. The molecule has 3 heterocycles. The summed E-state index contributed by atoms with van der Waals surface area (Å²) in [6.45, 7) is 4.85. The van der Waals surface area contributed by atoms with E-state index < -0.39 is 0 Å². The lowest BCUT2D eigenvalue weighted by Gasteiger charge is -2.27.